The average Bonchev–Trinajstić information content (AvgIpc) is 2.47. The molecule has 0 spiro atoms. The molecule has 2 amide bonds. The Morgan fingerprint density at radius 2 is 1.71 bits per heavy atom. The first kappa shape index (κ1) is 14.8. The average molecular weight is 282 g/mol. The predicted octanol–water partition coefficient (Wildman–Crippen LogP) is 3.87. The van der Waals surface area contributed by atoms with E-state index in [1.165, 1.54) is 6.92 Å². The minimum Gasteiger partial charge on any atom is -0.308 e. The molecule has 2 aromatic carbocycles. The van der Waals surface area contributed by atoms with Crippen LogP contribution in [-0.2, 0) is 0 Å². The highest BCUT2D eigenvalue weighted by Gasteiger charge is 2.11. The molecule has 0 aliphatic heterocycles. The second-order valence-corrected chi connectivity index (χ2v) is 4.96. The summed E-state index contributed by atoms with van der Waals surface area (Å²) in [5.74, 6) is 0.00440. The van der Waals surface area contributed by atoms with E-state index in [1.807, 2.05) is 31.2 Å². The van der Waals surface area contributed by atoms with Crippen molar-refractivity contribution in [3.8, 4) is 0 Å². The molecule has 1 N–H and O–H groups in total. The number of Topliss-reactive ketones (excluding diaryl/α,β-unsaturated/α-hetero) is 1. The first-order chi connectivity index (χ1) is 9.97. The number of hydrogen-bond acceptors (Lipinski definition) is 2. The molecular formula is C17H18N2O2. The van der Waals surface area contributed by atoms with Gasteiger partial charge in [0.1, 0.15) is 0 Å². The number of hydrogen-bond donors (Lipinski definition) is 1. The van der Waals surface area contributed by atoms with Gasteiger partial charge in [-0.1, -0.05) is 12.1 Å². The number of carbonyl (C=O) groups excluding carboxylic acids is 2. The monoisotopic (exact) mass is 282 g/mol. The van der Waals surface area contributed by atoms with E-state index in [9.17, 15) is 9.59 Å². The molecule has 0 aliphatic carbocycles. The normalized spacial score (nSPS) is 10.0. The van der Waals surface area contributed by atoms with Crippen LogP contribution in [0.1, 0.15) is 22.8 Å². The van der Waals surface area contributed by atoms with Crippen LogP contribution in [0.15, 0.2) is 48.5 Å². The first-order valence-electron chi connectivity index (χ1n) is 6.70. The van der Waals surface area contributed by atoms with Gasteiger partial charge < -0.3 is 5.32 Å². The van der Waals surface area contributed by atoms with Gasteiger partial charge in [0.05, 0.1) is 0 Å². The molecule has 0 saturated carbocycles. The van der Waals surface area contributed by atoms with Crippen molar-refractivity contribution < 1.29 is 9.59 Å². The molecule has 0 bridgehead atoms. The molecule has 0 saturated heterocycles. The SMILES string of the molecule is CC(=O)c1ccc(NC(=O)N(C)c2cccc(C)c2)cc1. The van der Waals surface area contributed by atoms with Crippen LogP contribution in [0.3, 0.4) is 0 Å². The summed E-state index contributed by atoms with van der Waals surface area (Å²) in [6.07, 6.45) is 0. The molecule has 2 aromatic rings. The number of carbonyl (C=O) groups is 2. The lowest BCUT2D eigenvalue weighted by atomic mass is 10.1. The van der Waals surface area contributed by atoms with Crippen molar-refractivity contribution in [1.82, 2.24) is 0 Å². The van der Waals surface area contributed by atoms with Crippen LogP contribution in [0, 0.1) is 6.92 Å². The lowest BCUT2D eigenvalue weighted by Crippen LogP contribution is -2.31. The summed E-state index contributed by atoms with van der Waals surface area (Å²) >= 11 is 0. The van der Waals surface area contributed by atoms with Gasteiger partial charge in [0.15, 0.2) is 5.78 Å². The van der Waals surface area contributed by atoms with Crippen LogP contribution in [0.2, 0.25) is 0 Å². The van der Waals surface area contributed by atoms with E-state index in [0.717, 1.165) is 11.3 Å². The Morgan fingerprint density at radius 3 is 2.29 bits per heavy atom. The quantitative estimate of drug-likeness (QED) is 0.869. The summed E-state index contributed by atoms with van der Waals surface area (Å²) in [7, 11) is 1.72. The number of anilines is 2. The van der Waals surface area contributed by atoms with Crippen LogP contribution in [0.25, 0.3) is 0 Å². The number of urea groups is 1. The number of rotatable bonds is 3. The minimum atomic E-state index is -0.226. The molecule has 108 valence electrons. The molecule has 4 heteroatoms. The van der Waals surface area contributed by atoms with E-state index in [-0.39, 0.29) is 11.8 Å². The van der Waals surface area contributed by atoms with E-state index >= 15 is 0 Å². The molecule has 0 heterocycles. The summed E-state index contributed by atoms with van der Waals surface area (Å²) in [6.45, 7) is 3.49. The van der Waals surface area contributed by atoms with Gasteiger partial charge in [0.2, 0.25) is 0 Å². The largest absolute Gasteiger partial charge is 0.326 e. The van der Waals surface area contributed by atoms with Crippen molar-refractivity contribution in [1.29, 1.82) is 0 Å². The third-order valence-corrected chi connectivity index (χ3v) is 3.24. The Hall–Kier alpha value is -2.62. The number of ketones is 1. The van der Waals surface area contributed by atoms with Crippen molar-refractivity contribution in [2.75, 3.05) is 17.3 Å². The van der Waals surface area contributed by atoms with Gasteiger partial charge in [-0.2, -0.15) is 0 Å². The maximum atomic E-state index is 12.2. The van der Waals surface area contributed by atoms with Crippen molar-refractivity contribution in [3.05, 3.63) is 59.7 Å². The Morgan fingerprint density at radius 1 is 1.05 bits per heavy atom. The fourth-order valence-electron chi connectivity index (χ4n) is 1.95. The molecule has 0 unspecified atom stereocenters. The summed E-state index contributed by atoms with van der Waals surface area (Å²) in [6, 6.07) is 14.3. The minimum absolute atomic E-state index is 0.00440. The van der Waals surface area contributed by atoms with Crippen LogP contribution < -0.4 is 10.2 Å². The zero-order chi connectivity index (χ0) is 15.4. The third kappa shape index (κ3) is 3.69. The van der Waals surface area contributed by atoms with Gasteiger partial charge in [-0.25, -0.2) is 4.79 Å². The Balaban J connectivity index is 2.08. The topological polar surface area (TPSA) is 49.4 Å². The molecule has 4 nitrogen and oxygen atoms in total. The number of amides is 2. The molecule has 0 aliphatic rings. The number of benzene rings is 2. The number of aryl methyl sites for hydroxylation is 1. The van der Waals surface area contributed by atoms with E-state index in [0.29, 0.717) is 11.3 Å². The highest BCUT2D eigenvalue weighted by Crippen LogP contribution is 2.16. The van der Waals surface area contributed by atoms with Gasteiger partial charge in [0.25, 0.3) is 0 Å². The van der Waals surface area contributed by atoms with Crippen molar-refractivity contribution >= 4 is 23.2 Å². The molecule has 21 heavy (non-hydrogen) atoms. The van der Waals surface area contributed by atoms with E-state index in [1.54, 1.807) is 36.2 Å². The summed E-state index contributed by atoms with van der Waals surface area (Å²) in [5.41, 5.74) is 3.20. The number of nitrogens with one attached hydrogen (secondary N) is 1. The molecular weight excluding hydrogens is 264 g/mol. The highest BCUT2D eigenvalue weighted by molar-refractivity contribution is 6.01. The molecule has 0 fully saturated rings. The van der Waals surface area contributed by atoms with Crippen LogP contribution >= 0.6 is 0 Å². The van der Waals surface area contributed by atoms with Gasteiger partial charge in [-0.3, -0.25) is 9.69 Å². The first-order valence-corrected chi connectivity index (χ1v) is 6.70. The molecule has 2 rings (SSSR count). The van der Waals surface area contributed by atoms with Gasteiger partial charge in [-0.15, -0.1) is 0 Å². The van der Waals surface area contributed by atoms with E-state index in [4.69, 9.17) is 0 Å². The van der Waals surface area contributed by atoms with Gasteiger partial charge in [0, 0.05) is 24.0 Å². The Kier molecular flexibility index (Phi) is 4.38. The fraction of sp³-hybridized carbons (Fsp3) is 0.176. The summed E-state index contributed by atoms with van der Waals surface area (Å²) in [5, 5.41) is 2.80. The smallest absolute Gasteiger partial charge is 0.308 e. The van der Waals surface area contributed by atoms with Crippen molar-refractivity contribution in [2.45, 2.75) is 13.8 Å². The summed E-state index contributed by atoms with van der Waals surface area (Å²) in [4.78, 5) is 24.9. The Bertz CT molecular complexity index is 663. The second kappa shape index (κ2) is 6.22. The van der Waals surface area contributed by atoms with E-state index in [2.05, 4.69) is 5.32 Å². The molecule has 0 atom stereocenters. The zero-order valence-corrected chi connectivity index (χ0v) is 12.4. The summed E-state index contributed by atoms with van der Waals surface area (Å²) < 4.78 is 0. The molecule has 0 aromatic heterocycles. The fourth-order valence-corrected chi connectivity index (χ4v) is 1.95. The van der Waals surface area contributed by atoms with Crippen LogP contribution in [0.5, 0.6) is 0 Å². The Labute approximate surface area is 124 Å². The standard InChI is InChI=1S/C17H18N2O2/c1-12-5-4-6-16(11-12)19(3)17(21)18-15-9-7-14(8-10-15)13(2)20/h4-11H,1-3H3,(H,18,21). The van der Waals surface area contributed by atoms with E-state index < -0.39 is 0 Å². The lowest BCUT2D eigenvalue weighted by Gasteiger charge is -2.18. The second-order valence-electron chi connectivity index (χ2n) is 4.96. The maximum absolute atomic E-state index is 12.2. The van der Waals surface area contributed by atoms with Crippen molar-refractivity contribution in [2.24, 2.45) is 0 Å². The predicted molar refractivity (Wildman–Crippen MR) is 85.0 cm³/mol. The van der Waals surface area contributed by atoms with Gasteiger partial charge >= 0.3 is 6.03 Å². The van der Waals surface area contributed by atoms with Crippen LogP contribution in [-0.4, -0.2) is 18.9 Å². The third-order valence-electron chi connectivity index (χ3n) is 3.24. The van der Waals surface area contributed by atoms with Crippen LogP contribution in [0.4, 0.5) is 16.2 Å². The lowest BCUT2D eigenvalue weighted by molar-refractivity contribution is 0.101. The zero-order valence-electron chi connectivity index (χ0n) is 12.4. The van der Waals surface area contributed by atoms with Gasteiger partial charge in [-0.05, 0) is 55.8 Å². The highest BCUT2D eigenvalue weighted by atomic mass is 16.2. The number of nitrogens with zero attached hydrogens (tertiary/aromatic N) is 1. The molecule has 0 radical (unpaired) electrons. The van der Waals surface area contributed by atoms with Crippen molar-refractivity contribution in [3.63, 3.8) is 0 Å². The maximum Gasteiger partial charge on any atom is 0.326 e.